The Morgan fingerprint density at radius 2 is 1.88 bits per heavy atom. The third kappa shape index (κ3) is 4.46. The van der Waals surface area contributed by atoms with Gasteiger partial charge in [0, 0.05) is 38.2 Å². The number of anilines is 1. The number of nitrogens with one attached hydrogen (secondary N) is 1. The minimum atomic E-state index is -3.45. The van der Waals surface area contributed by atoms with E-state index in [1.807, 2.05) is 17.8 Å². The second-order valence-corrected chi connectivity index (χ2v) is 9.03. The van der Waals surface area contributed by atoms with E-state index < -0.39 is 10.0 Å². The van der Waals surface area contributed by atoms with Crippen LogP contribution in [0.15, 0.2) is 46.7 Å². The zero-order valence-corrected chi connectivity index (χ0v) is 16.2. The summed E-state index contributed by atoms with van der Waals surface area (Å²) in [5.41, 5.74) is 0.577. The molecule has 26 heavy (non-hydrogen) atoms. The lowest BCUT2D eigenvalue weighted by atomic mass is 10.2. The summed E-state index contributed by atoms with van der Waals surface area (Å²) >= 11 is 1.34. The molecule has 1 amide bonds. The molecule has 7 nitrogen and oxygen atoms in total. The monoisotopic (exact) mass is 394 g/mol. The number of sulfonamides is 1. The Kier molecular flexibility index (Phi) is 6.00. The summed E-state index contributed by atoms with van der Waals surface area (Å²) in [4.78, 5) is 16.5. The maximum atomic E-state index is 12.6. The molecule has 0 atom stereocenters. The van der Waals surface area contributed by atoms with Gasteiger partial charge in [0.1, 0.15) is 0 Å². The van der Waals surface area contributed by atoms with Crippen LogP contribution in [0.1, 0.15) is 19.3 Å². The lowest BCUT2D eigenvalue weighted by Crippen LogP contribution is -2.35. The molecule has 140 valence electrons. The minimum Gasteiger partial charge on any atom is -0.329 e. The highest BCUT2D eigenvalue weighted by Gasteiger charge is 2.25. The van der Waals surface area contributed by atoms with Crippen LogP contribution >= 0.6 is 11.8 Å². The molecule has 1 N–H and O–H groups in total. The fraction of sp³-hybridized carbons (Fsp3) is 0.412. The zero-order valence-electron chi connectivity index (χ0n) is 14.6. The van der Waals surface area contributed by atoms with Gasteiger partial charge in [-0.05, 0) is 37.1 Å². The van der Waals surface area contributed by atoms with E-state index in [2.05, 4.69) is 10.3 Å². The number of imidazole rings is 1. The third-order valence-corrected chi connectivity index (χ3v) is 7.17. The summed E-state index contributed by atoms with van der Waals surface area (Å²) in [6.07, 6.45) is 6.39. The summed E-state index contributed by atoms with van der Waals surface area (Å²) in [6, 6.07) is 6.34. The van der Waals surface area contributed by atoms with Crippen molar-refractivity contribution in [1.29, 1.82) is 0 Å². The smallest absolute Gasteiger partial charge is 0.243 e. The van der Waals surface area contributed by atoms with Gasteiger partial charge in [-0.15, -0.1) is 0 Å². The predicted molar refractivity (Wildman–Crippen MR) is 102 cm³/mol. The van der Waals surface area contributed by atoms with Gasteiger partial charge in [0.2, 0.25) is 15.9 Å². The molecular formula is C17H22N4O3S2. The number of amides is 1. The number of thioether (sulfide) groups is 1. The molecule has 0 aliphatic carbocycles. The van der Waals surface area contributed by atoms with Crippen molar-refractivity contribution in [2.24, 2.45) is 7.05 Å². The number of hydrogen-bond donors (Lipinski definition) is 1. The van der Waals surface area contributed by atoms with Crippen molar-refractivity contribution in [3.8, 4) is 0 Å². The molecule has 1 aromatic carbocycles. The first-order valence-corrected chi connectivity index (χ1v) is 10.9. The number of rotatable bonds is 6. The number of aromatic nitrogens is 2. The standard InChI is InChI=1S/C17H22N4O3S2/c1-20-12-9-18-17(20)25-13-16(22)19-14-5-7-15(8-6-14)26(23,24)21-10-3-2-4-11-21/h5-9,12H,2-4,10-11,13H2,1H3,(H,19,22). The average Bonchev–Trinajstić information content (AvgIpc) is 3.06. The summed E-state index contributed by atoms with van der Waals surface area (Å²) in [5.74, 6) is 0.0724. The molecule has 0 spiro atoms. The molecule has 2 heterocycles. The molecule has 1 aromatic heterocycles. The van der Waals surface area contributed by atoms with E-state index in [1.165, 1.54) is 16.1 Å². The van der Waals surface area contributed by atoms with Crippen molar-refractivity contribution >= 4 is 33.4 Å². The number of aryl methyl sites for hydroxylation is 1. The van der Waals surface area contributed by atoms with Crippen LogP contribution in [0.25, 0.3) is 0 Å². The number of hydrogen-bond acceptors (Lipinski definition) is 5. The van der Waals surface area contributed by atoms with Gasteiger partial charge < -0.3 is 9.88 Å². The molecular weight excluding hydrogens is 372 g/mol. The Balaban J connectivity index is 1.58. The van der Waals surface area contributed by atoms with Gasteiger partial charge in [-0.25, -0.2) is 13.4 Å². The zero-order chi connectivity index (χ0) is 18.6. The second kappa shape index (κ2) is 8.24. The quantitative estimate of drug-likeness (QED) is 0.760. The average molecular weight is 395 g/mol. The van der Waals surface area contributed by atoms with E-state index in [4.69, 9.17) is 0 Å². The summed E-state index contributed by atoms with van der Waals surface area (Å²) in [6.45, 7) is 1.15. The van der Waals surface area contributed by atoms with Crippen molar-refractivity contribution in [1.82, 2.24) is 13.9 Å². The fourth-order valence-electron chi connectivity index (χ4n) is 2.78. The fourth-order valence-corrected chi connectivity index (χ4v) is 5.03. The normalized spacial score (nSPS) is 15.7. The Morgan fingerprint density at radius 1 is 1.19 bits per heavy atom. The molecule has 9 heteroatoms. The molecule has 3 rings (SSSR count). The number of carbonyl (C=O) groups excluding carboxylic acids is 1. The van der Waals surface area contributed by atoms with Gasteiger partial charge >= 0.3 is 0 Å². The van der Waals surface area contributed by atoms with Crippen molar-refractivity contribution in [3.05, 3.63) is 36.7 Å². The molecule has 2 aromatic rings. The second-order valence-electron chi connectivity index (χ2n) is 6.15. The number of benzene rings is 1. The van der Waals surface area contributed by atoms with E-state index in [9.17, 15) is 13.2 Å². The van der Waals surface area contributed by atoms with Crippen LogP contribution in [-0.2, 0) is 21.9 Å². The van der Waals surface area contributed by atoms with Crippen LogP contribution in [0.2, 0.25) is 0 Å². The van der Waals surface area contributed by atoms with Gasteiger partial charge in [-0.2, -0.15) is 4.31 Å². The van der Waals surface area contributed by atoms with Crippen LogP contribution in [0, 0.1) is 0 Å². The van der Waals surface area contributed by atoms with E-state index >= 15 is 0 Å². The topological polar surface area (TPSA) is 84.3 Å². The summed E-state index contributed by atoms with van der Waals surface area (Å²) in [7, 11) is -1.58. The Morgan fingerprint density at radius 3 is 2.50 bits per heavy atom. The predicted octanol–water partition coefficient (Wildman–Crippen LogP) is 2.33. The Hall–Kier alpha value is -1.84. The highest BCUT2D eigenvalue weighted by atomic mass is 32.2. The highest BCUT2D eigenvalue weighted by molar-refractivity contribution is 7.99. The molecule has 1 saturated heterocycles. The maximum Gasteiger partial charge on any atom is 0.243 e. The third-order valence-electron chi connectivity index (χ3n) is 4.20. The van der Waals surface area contributed by atoms with Crippen molar-refractivity contribution in [2.45, 2.75) is 29.3 Å². The van der Waals surface area contributed by atoms with Crippen molar-refractivity contribution < 1.29 is 13.2 Å². The van der Waals surface area contributed by atoms with Gasteiger partial charge in [-0.3, -0.25) is 4.79 Å². The summed E-state index contributed by atoms with van der Waals surface area (Å²) < 4.78 is 28.6. The molecule has 1 fully saturated rings. The molecule has 1 aliphatic heterocycles. The first kappa shape index (κ1) is 18.9. The lowest BCUT2D eigenvalue weighted by molar-refractivity contribution is -0.113. The van der Waals surface area contributed by atoms with Crippen LogP contribution in [0.5, 0.6) is 0 Å². The lowest BCUT2D eigenvalue weighted by Gasteiger charge is -2.25. The Labute approximate surface area is 157 Å². The van der Waals surface area contributed by atoms with Gasteiger partial charge in [0.05, 0.1) is 10.6 Å². The molecule has 0 bridgehead atoms. The van der Waals surface area contributed by atoms with Gasteiger partial charge in [0.25, 0.3) is 0 Å². The van der Waals surface area contributed by atoms with Crippen LogP contribution < -0.4 is 5.32 Å². The molecule has 0 unspecified atom stereocenters. The SMILES string of the molecule is Cn1ccnc1SCC(=O)Nc1ccc(S(=O)(=O)N2CCCCC2)cc1. The van der Waals surface area contributed by atoms with Crippen LogP contribution in [0.4, 0.5) is 5.69 Å². The van der Waals surface area contributed by atoms with E-state index in [0.29, 0.717) is 18.8 Å². The van der Waals surface area contributed by atoms with Crippen LogP contribution in [-0.4, -0.2) is 47.0 Å². The number of carbonyl (C=O) groups is 1. The molecule has 1 aliphatic rings. The first-order chi connectivity index (χ1) is 12.5. The number of piperidine rings is 1. The van der Waals surface area contributed by atoms with Crippen molar-refractivity contribution in [3.63, 3.8) is 0 Å². The van der Waals surface area contributed by atoms with Gasteiger partial charge in [-0.1, -0.05) is 18.2 Å². The van der Waals surface area contributed by atoms with E-state index in [-0.39, 0.29) is 16.6 Å². The first-order valence-electron chi connectivity index (χ1n) is 8.47. The maximum absolute atomic E-state index is 12.6. The summed E-state index contributed by atoms with van der Waals surface area (Å²) in [5, 5.41) is 3.54. The largest absolute Gasteiger partial charge is 0.329 e. The van der Waals surface area contributed by atoms with E-state index in [1.54, 1.807) is 30.5 Å². The Bertz CT molecular complexity index is 856. The molecule has 0 radical (unpaired) electrons. The van der Waals surface area contributed by atoms with Crippen molar-refractivity contribution in [2.75, 3.05) is 24.2 Å². The van der Waals surface area contributed by atoms with Gasteiger partial charge in [0.15, 0.2) is 5.16 Å². The highest BCUT2D eigenvalue weighted by Crippen LogP contribution is 2.22. The minimum absolute atomic E-state index is 0.162. The number of nitrogens with zero attached hydrogens (tertiary/aromatic N) is 3. The van der Waals surface area contributed by atoms with E-state index in [0.717, 1.165) is 24.4 Å². The van der Waals surface area contributed by atoms with Crippen LogP contribution in [0.3, 0.4) is 0 Å². The molecule has 0 saturated carbocycles.